The normalized spacial score (nSPS) is 22.3. The van der Waals surface area contributed by atoms with Crippen LogP contribution in [0.4, 0.5) is 0 Å². The Morgan fingerprint density at radius 3 is 2.65 bits per heavy atom. The molecule has 5 heterocycles. The molecule has 2 saturated heterocycles. The number of rotatable bonds is 5. The molecule has 0 radical (unpaired) electrons. The van der Waals surface area contributed by atoms with Crippen LogP contribution in [0.5, 0.6) is 11.5 Å². The zero-order valence-electron chi connectivity index (χ0n) is 19.4. The summed E-state index contributed by atoms with van der Waals surface area (Å²) in [6, 6.07) is 5.40. The van der Waals surface area contributed by atoms with Gasteiger partial charge in [-0.05, 0) is 67.3 Å². The first-order chi connectivity index (χ1) is 16.7. The molecule has 3 aromatic rings. The summed E-state index contributed by atoms with van der Waals surface area (Å²) in [4.78, 5) is 18.9. The zero-order valence-corrected chi connectivity index (χ0v) is 19.4. The zero-order chi connectivity index (χ0) is 23.1. The maximum absolute atomic E-state index is 13.4. The van der Waals surface area contributed by atoms with Crippen molar-refractivity contribution in [2.45, 2.75) is 51.3 Å². The predicted octanol–water partition coefficient (Wildman–Crippen LogP) is 2.29. The van der Waals surface area contributed by atoms with Crippen LogP contribution in [-0.4, -0.2) is 69.1 Å². The Labute approximate surface area is 197 Å². The van der Waals surface area contributed by atoms with Crippen molar-refractivity contribution < 1.29 is 14.2 Å². The minimum Gasteiger partial charge on any atom is -0.486 e. The van der Waals surface area contributed by atoms with E-state index in [-0.39, 0.29) is 17.7 Å². The van der Waals surface area contributed by atoms with Gasteiger partial charge in [0.1, 0.15) is 19.3 Å². The fourth-order valence-electron chi connectivity index (χ4n) is 5.27. The van der Waals surface area contributed by atoms with Gasteiger partial charge in [-0.2, -0.15) is 0 Å². The second kappa shape index (κ2) is 8.99. The predicted molar refractivity (Wildman–Crippen MR) is 124 cm³/mol. The van der Waals surface area contributed by atoms with Gasteiger partial charge in [0.05, 0.1) is 18.2 Å². The standard InChI is InChI=1S/C24H30N6O4/c1-15-4-6-29(7-5-15)22(23-26-27-28-30(23)14-17-3-2-8-32-17)18-11-16-12-20-21(34-10-9-33-20)13-19(16)25-24(18)31/h11-13,15,17,22H,2-10,14H2,1H3,(H,25,31)/t17-,22-/m1/s1. The first-order valence-electron chi connectivity index (χ1n) is 12.2. The summed E-state index contributed by atoms with van der Waals surface area (Å²) in [6.07, 6.45) is 4.30. The minimum atomic E-state index is -0.342. The molecule has 1 aromatic carbocycles. The average Bonchev–Trinajstić information content (AvgIpc) is 3.52. The largest absolute Gasteiger partial charge is 0.486 e. The first-order valence-corrected chi connectivity index (χ1v) is 12.2. The molecule has 0 aliphatic carbocycles. The number of nitrogens with zero attached hydrogens (tertiary/aromatic N) is 5. The first kappa shape index (κ1) is 21.5. The van der Waals surface area contributed by atoms with Crippen molar-refractivity contribution in [1.29, 1.82) is 0 Å². The second-order valence-corrected chi connectivity index (χ2v) is 9.61. The number of fused-ring (bicyclic) bond motifs is 2. The lowest BCUT2D eigenvalue weighted by atomic mass is 9.95. The SMILES string of the molecule is CC1CCN([C@H](c2cc3cc4c(cc3[nH]c2=O)OCCO4)c2nnnn2C[C@H]2CCCO2)CC1. The van der Waals surface area contributed by atoms with Crippen LogP contribution < -0.4 is 15.0 Å². The molecule has 10 nitrogen and oxygen atoms in total. The fraction of sp³-hybridized carbons (Fsp3) is 0.583. The molecular weight excluding hydrogens is 436 g/mol. The van der Waals surface area contributed by atoms with Crippen LogP contribution in [0.25, 0.3) is 10.9 Å². The van der Waals surface area contributed by atoms with E-state index in [1.807, 2.05) is 22.9 Å². The van der Waals surface area contributed by atoms with Crippen LogP contribution in [0.3, 0.4) is 0 Å². The number of hydrogen-bond acceptors (Lipinski definition) is 8. The number of hydrogen-bond donors (Lipinski definition) is 1. The van der Waals surface area contributed by atoms with E-state index in [0.29, 0.717) is 48.6 Å². The third kappa shape index (κ3) is 4.05. The van der Waals surface area contributed by atoms with Crippen LogP contribution in [-0.2, 0) is 11.3 Å². The molecule has 2 aromatic heterocycles. The molecule has 6 rings (SSSR count). The Balaban J connectivity index is 1.43. The van der Waals surface area contributed by atoms with E-state index in [2.05, 4.69) is 32.3 Å². The van der Waals surface area contributed by atoms with Gasteiger partial charge in [0.15, 0.2) is 17.3 Å². The van der Waals surface area contributed by atoms with Crippen molar-refractivity contribution in [3.8, 4) is 11.5 Å². The Hall–Kier alpha value is -2.98. The van der Waals surface area contributed by atoms with Gasteiger partial charge in [0, 0.05) is 23.6 Å². The smallest absolute Gasteiger partial charge is 0.253 e. The van der Waals surface area contributed by atoms with E-state index in [0.717, 1.165) is 56.3 Å². The Morgan fingerprint density at radius 1 is 1.09 bits per heavy atom. The molecule has 34 heavy (non-hydrogen) atoms. The highest BCUT2D eigenvalue weighted by Crippen LogP contribution is 2.36. The minimum absolute atomic E-state index is 0.0998. The molecule has 3 aliphatic heterocycles. The van der Waals surface area contributed by atoms with Gasteiger partial charge in [0.25, 0.3) is 5.56 Å². The number of aromatic amines is 1. The van der Waals surface area contributed by atoms with Crippen molar-refractivity contribution in [3.05, 3.63) is 39.9 Å². The van der Waals surface area contributed by atoms with E-state index < -0.39 is 0 Å². The van der Waals surface area contributed by atoms with Crippen molar-refractivity contribution in [2.24, 2.45) is 5.92 Å². The molecule has 3 aliphatic rings. The molecule has 0 saturated carbocycles. The molecule has 0 bridgehead atoms. The lowest BCUT2D eigenvalue weighted by Crippen LogP contribution is -2.40. The van der Waals surface area contributed by atoms with E-state index in [1.54, 1.807) is 0 Å². The van der Waals surface area contributed by atoms with E-state index >= 15 is 0 Å². The highest BCUT2D eigenvalue weighted by molar-refractivity contribution is 5.83. The number of ether oxygens (including phenoxy) is 3. The average molecular weight is 467 g/mol. The maximum Gasteiger partial charge on any atom is 0.253 e. The molecular formula is C24H30N6O4. The van der Waals surface area contributed by atoms with E-state index in [1.165, 1.54) is 0 Å². The van der Waals surface area contributed by atoms with Crippen molar-refractivity contribution in [2.75, 3.05) is 32.9 Å². The van der Waals surface area contributed by atoms with Gasteiger partial charge in [-0.15, -0.1) is 5.10 Å². The molecule has 0 spiro atoms. The van der Waals surface area contributed by atoms with Gasteiger partial charge in [-0.3, -0.25) is 9.69 Å². The highest BCUT2D eigenvalue weighted by Gasteiger charge is 2.33. The van der Waals surface area contributed by atoms with Crippen LogP contribution in [0.2, 0.25) is 0 Å². The number of benzene rings is 1. The third-order valence-electron chi connectivity index (χ3n) is 7.22. The molecule has 0 amide bonds. The topological polar surface area (TPSA) is 107 Å². The van der Waals surface area contributed by atoms with Gasteiger partial charge < -0.3 is 19.2 Å². The number of H-pyrrole nitrogens is 1. The summed E-state index contributed by atoms with van der Waals surface area (Å²) in [6.45, 7) is 6.44. The van der Waals surface area contributed by atoms with E-state index in [4.69, 9.17) is 14.2 Å². The number of tetrazole rings is 1. The highest BCUT2D eigenvalue weighted by atomic mass is 16.6. The van der Waals surface area contributed by atoms with Crippen LogP contribution in [0, 0.1) is 5.92 Å². The van der Waals surface area contributed by atoms with Crippen molar-refractivity contribution in [1.82, 2.24) is 30.1 Å². The van der Waals surface area contributed by atoms with Crippen molar-refractivity contribution >= 4 is 10.9 Å². The fourth-order valence-corrected chi connectivity index (χ4v) is 5.27. The van der Waals surface area contributed by atoms with Crippen LogP contribution >= 0.6 is 0 Å². The summed E-state index contributed by atoms with van der Waals surface area (Å²) in [7, 11) is 0. The lowest BCUT2D eigenvalue weighted by molar-refractivity contribution is 0.0894. The van der Waals surface area contributed by atoms with Gasteiger partial charge in [0.2, 0.25) is 0 Å². The van der Waals surface area contributed by atoms with Gasteiger partial charge >= 0.3 is 0 Å². The molecule has 0 unspecified atom stereocenters. The Bertz CT molecular complexity index is 1230. The number of aromatic nitrogens is 5. The Kier molecular flexibility index (Phi) is 5.70. The molecule has 1 N–H and O–H groups in total. The van der Waals surface area contributed by atoms with E-state index in [9.17, 15) is 4.79 Å². The number of piperidine rings is 1. The second-order valence-electron chi connectivity index (χ2n) is 9.61. The van der Waals surface area contributed by atoms with Crippen molar-refractivity contribution in [3.63, 3.8) is 0 Å². The third-order valence-corrected chi connectivity index (χ3v) is 7.22. The van der Waals surface area contributed by atoms with Crippen LogP contribution in [0.1, 0.15) is 50.0 Å². The summed E-state index contributed by atoms with van der Waals surface area (Å²) in [5.41, 5.74) is 1.23. The lowest BCUT2D eigenvalue weighted by Gasteiger charge is -2.36. The molecule has 2 atom stereocenters. The summed E-state index contributed by atoms with van der Waals surface area (Å²) >= 11 is 0. The quantitative estimate of drug-likeness (QED) is 0.610. The summed E-state index contributed by atoms with van der Waals surface area (Å²) < 4.78 is 19.1. The number of likely N-dealkylation sites (tertiary alicyclic amines) is 1. The summed E-state index contributed by atoms with van der Waals surface area (Å²) in [5.74, 6) is 2.71. The monoisotopic (exact) mass is 466 g/mol. The van der Waals surface area contributed by atoms with Gasteiger partial charge in [-0.1, -0.05) is 6.92 Å². The maximum atomic E-state index is 13.4. The number of nitrogens with one attached hydrogen (secondary N) is 1. The molecule has 180 valence electrons. The Morgan fingerprint density at radius 2 is 1.88 bits per heavy atom. The molecule has 2 fully saturated rings. The van der Waals surface area contributed by atoms with Gasteiger partial charge in [-0.25, -0.2) is 4.68 Å². The number of pyridine rings is 1. The van der Waals surface area contributed by atoms with Crippen LogP contribution in [0.15, 0.2) is 23.0 Å². The summed E-state index contributed by atoms with van der Waals surface area (Å²) in [5, 5.41) is 13.6. The molecule has 10 heteroatoms.